The number of para-hydroxylation sites is 1. The van der Waals surface area contributed by atoms with Crippen LogP contribution in [-0.2, 0) is 4.74 Å². The molecule has 142 valence electrons. The Morgan fingerprint density at radius 2 is 1.85 bits per heavy atom. The number of methoxy groups -OCH3 is 1. The second kappa shape index (κ2) is 8.49. The number of ether oxygens (including phenoxy) is 2. The van der Waals surface area contributed by atoms with Crippen molar-refractivity contribution in [3.8, 4) is 5.75 Å². The lowest BCUT2D eigenvalue weighted by Gasteiger charge is -2.18. The van der Waals surface area contributed by atoms with E-state index in [0.29, 0.717) is 17.1 Å². The second-order valence-corrected chi connectivity index (χ2v) is 6.97. The van der Waals surface area contributed by atoms with Gasteiger partial charge in [-0.2, -0.15) is 0 Å². The van der Waals surface area contributed by atoms with Crippen LogP contribution in [0.15, 0.2) is 48.7 Å². The number of nitrogens with zero attached hydrogens (tertiary/aromatic N) is 1. The van der Waals surface area contributed by atoms with Crippen LogP contribution < -0.4 is 10.1 Å². The molecule has 0 unspecified atom stereocenters. The van der Waals surface area contributed by atoms with Gasteiger partial charge in [0.1, 0.15) is 17.2 Å². The second-order valence-electron chi connectivity index (χ2n) is 6.97. The summed E-state index contributed by atoms with van der Waals surface area (Å²) in [6.45, 7) is 6.02. The number of carbonyl (C=O) groups excluding carboxylic acids is 2. The van der Waals surface area contributed by atoms with Crippen LogP contribution in [0, 0.1) is 5.41 Å². The molecule has 1 aromatic carbocycles. The van der Waals surface area contributed by atoms with E-state index < -0.39 is 5.97 Å². The van der Waals surface area contributed by atoms with Crippen molar-refractivity contribution in [3.05, 3.63) is 65.5 Å². The molecule has 0 aliphatic heterocycles. The molecule has 0 radical (unpaired) electrons. The zero-order chi connectivity index (χ0) is 20.0. The SMILES string of the molecule is CNC(=O)c1cc(C(=O)OC(=CC(C)(C)C)c2ccccc2OC)ccn1. The Morgan fingerprint density at radius 1 is 1.15 bits per heavy atom. The molecule has 27 heavy (non-hydrogen) atoms. The van der Waals surface area contributed by atoms with Crippen LogP contribution in [-0.4, -0.2) is 31.0 Å². The van der Waals surface area contributed by atoms with E-state index in [0.717, 1.165) is 0 Å². The molecule has 0 spiro atoms. The number of esters is 1. The number of carbonyl (C=O) groups is 2. The van der Waals surface area contributed by atoms with E-state index in [-0.39, 0.29) is 22.6 Å². The Kier molecular flexibility index (Phi) is 6.34. The summed E-state index contributed by atoms with van der Waals surface area (Å²) < 4.78 is 11.1. The van der Waals surface area contributed by atoms with E-state index in [4.69, 9.17) is 9.47 Å². The lowest BCUT2D eigenvalue weighted by Crippen LogP contribution is -2.20. The number of rotatable bonds is 5. The van der Waals surface area contributed by atoms with Crippen molar-refractivity contribution in [2.75, 3.05) is 14.2 Å². The van der Waals surface area contributed by atoms with Gasteiger partial charge < -0.3 is 14.8 Å². The van der Waals surface area contributed by atoms with Crippen molar-refractivity contribution in [2.24, 2.45) is 5.41 Å². The van der Waals surface area contributed by atoms with Gasteiger partial charge in [0.05, 0.1) is 18.2 Å². The van der Waals surface area contributed by atoms with Crippen molar-refractivity contribution in [1.29, 1.82) is 0 Å². The molecular formula is C21H24N2O4. The Morgan fingerprint density at radius 3 is 2.48 bits per heavy atom. The van der Waals surface area contributed by atoms with Gasteiger partial charge in [-0.05, 0) is 35.8 Å². The molecule has 6 heteroatoms. The number of benzene rings is 1. The molecule has 2 rings (SSSR count). The maximum atomic E-state index is 12.7. The van der Waals surface area contributed by atoms with E-state index in [9.17, 15) is 9.59 Å². The largest absolute Gasteiger partial charge is 0.496 e. The Balaban J connectivity index is 2.41. The molecule has 0 saturated carbocycles. The topological polar surface area (TPSA) is 77.5 Å². The monoisotopic (exact) mass is 368 g/mol. The Hall–Kier alpha value is -3.15. The van der Waals surface area contributed by atoms with Gasteiger partial charge in [-0.15, -0.1) is 0 Å². The predicted octanol–water partition coefficient (Wildman–Crippen LogP) is 3.69. The number of aromatic nitrogens is 1. The quantitative estimate of drug-likeness (QED) is 0.643. The molecule has 0 aliphatic rings. The maximum absolute atomic E-state index is 12.7. The first-order valence-electron chi connectivity index (χ1n) is 8.51. The number of hydrogen-bond donors (Lipinski definition) is 1. The fraction of sp³-hybridized carbons (Fsp3) is 0.286. The highest BCUT2D eigenvalue weighted by molar-refractivity contribution is 5.97. The molecule has 2 aromatic rings. The Labute approximate surface area is 159 Å². The van der Waals surface area contributed by atoms with E-state index >= 15 is 0 Å². The van der Waals surface area contributed by atoms with Gasteiger partial charge >= 0.3 is 5.97 Å². The van der Waals surface area contributed by atoms with Crippen LogP contribution in [0.25, 0.3) is 5.76 Å². The van der Waals surface area contributed by atoms with Crippen LogP contribution in [0.5, 0.6) is 5.75 Å². The smallest absolute Gasteiger partial charge is 0.343 e. The van der Waals surface area contributed by atoms with Crippen LogP contribution >= 0.6 is 0 Å². The third-order valence-electron chi connectivity index (χ3n) is 3.59. The zero-order valence-electron chi connectivity index (χ0n) is 16.2. The van der Waals surface area contributed by atoms with Crippen molar-refractivity contribution in [2.45, 2.75) is 20.8 Å². The van der Waals surface area contributed by atoms with Crippen molar-refractivity contribution in [1.82, 2.24) is 10.3 Å². The summed E-state index contributed by atoms with van der Waals surface area (Å²) in [6.07, 6.45) is 3.26. The van der Waals surface area contributed by atoms with E-state index in [1.807, 2.05) is 45.0 Å². The molecule has 0 atom stereocenters. The molecular weight excluding hydrogens is 344 g/mol. The molecule has 1 heterocycles. The highest BCUT2D eigenvalue weighted by Crippen LogP contribution is 2.31. The normalized spacial score (nSPS) is 11.7. The average molecular weight is 368 g/mol. The van der Waals surface area contributed by atoms with Crippen molar-refractivity contribution in [3.63, 3.8) is 0 Å². The van der Waals surface area contributed by atoms with E-state index in [2.05, 4.69) is 10.3 Å². The minimum atomic E-state index is -0.580. The third-order valence-corrected chi connectivity index (χ3v) is 3.59. The van der Waals surface area contributed by atoms with Gasteiger partial charge in [0.15, 0.2) is 0 Å². The molecule has 0 bridgehead atoms. The number of hydrogen-bond acceptors (Lipinski definition) is 5. The van der Waals surface area contributed by atoms with Gasteiger partial charge in [-0.3, -0.25) is 9.78 Å². The molecule has 0 aliphatic carbocycles. The lowest BCUT2D eigenvalue weighted by atomic mass is 9.94. The molecule has 1 amide bonds. The summed E-state index contributed by atoms with van der Waals surface area (Å²) in [5, 5.41) is 2.48. The number of allylic oxidation sites excluding steroid dienone is 1. The first-order valence-corrected chi connectivity index (χ1v) is 8.51. The molecule has 0 saturated heterocycles. The van der Waals surface area contributed by atoms with Gasteiger partial charge in [0.25, 0.3) is 5.91 Å². The fourth-order valence-electron chi connectivity index (χ4n) is 2.37. The van der Waals surface area contributed by atoms with E-state index in [1.165, 1.54) is 25.4 Å². The van der Waals surface area contributed by atoms with E-state index in [1.54, 1.807) is 13.2 Å². The highest BCUT2D eigenvalue weighted by Gasteiger charge is 2.20. The fourth-order valence-corrected chi connectivity index (χ4v) is 2.37. The van der Waals surface area contributed by atoms with Crippen LogP contribution in [0.4, 0.5) is 0 Å². The summed E-state index contributed by atoms with van der Waals surface area (Å²) in [7, 11) is 3.06. The first kappa shape index (κ1) is 20.2. The number of amides is 1. The summed E-state index contributed by atoms with van der Waals surface area (Å²) in [4.78, 5) is 28.4. The maximum Gasteiger partial charge on any atom is 0.343 e. The van der Waals surface area contributed by atoms with Crippen LogP contribution in [0.1, 0.15) is 47.2 Å². The Bertz CT molecular complexity index is 866. The first-order chi connectivity index (χ1) is 12.7. The van der Waals surface area contributed by atoms with Crippen molar-refractivity contribution < 1.29 is 19.1 Å². The molecule has 0 fully saturated rings. The third kappa shape index (κ3) is 5.41. The van der Waals surface area contributed by atoms with Gasteiger partial charge in [0.2, 0.25) is 0 Å². The lowest BCUT2D eigenvalue weighted by molar-refractivity contribution is 0.0690. The molecule has 6 nitrogen and oxygen atoms in total. The number of pyridine rings is 1. The minimum absolute atomic E-state index is 0.144. The highest BCUT2D eigenvalue weighted by atomic mass is 16.5. The average Bonchev–Trinajstić information content (AvgIpc) is 2.65. The van der Waals surface area contributed by atoms with Crippen molar-refractivity contribution >= 4 is 17.6 Å². The predicted molar refractivity (Wildman–Crippen MR) is 103 cm³/mol. The summed E-state index contributed by atoms with van der Waals surface area (Å²) in [5.74, 6) is 0.0358. The summed E-state index contributed by atoms with van der Waals surface area (Å²) in [5.41, 5.74) is 0.815. The van der Waals surface area contributed by atoms with Crippen LogP contribution in [0.3, 0.4) is 0 Å². The standard InChI is InChI=1S/C21H24N2O4/c1-21(2,3)13-18(15-8-6-7-9-17(15)26-5)27-20(25)14-10-11-23-16(12-14)19(24)22-4/h6-13H,1-5H3,(H,22,24). The zero-order valence-corrected chi connectivity index (χ0v) is 16.2. The summed E-state index contributed by atoms with van der Waals surface area (Å²) in [6, 6.07) is 10.2. The molecule has 1 N–H and O–H groups in total. The van der Waals surface area contributed by atoms with Gasteiger partial charge in [-0.25, -0.2) is 4.79 Å². The summed E-state index contributed by atoms with van der Waals surface area (Å²) >= 11 is 0. The van der Waals surface area contributed by atoms with Gasteiger partial charge in [0, 0.05) is 13.2 Å². The van der Waals surface area contributed by atoms with Crippen LogP contribution in [0.2, 0.25) is 0 Å². The van der Waals surface area contributed by atoms with Gasteiger partial charge in [-0.1, -0.05) is 32.9 Å². The number of nitrogens with one attached hydrogen (secondary N) is 1. The molecule has 1 aromatic heterocycles. The minimum Gasteiger partial charge on any atom is -0.496 e.